The molecule has 0 aromatic heterocycles. The summed E-state index contributed by atoms with van der Waals surface area (Å²) in [6.07, 6.45) is 9.63. The first-order valence-corrected chi connectivity index (χ1v) is 16.1. The van der Waals surface area contributed by atoms with Crippen LogP contribution in [-0.2, 0) is 26.2 Å². The van der Waals surface area contributed by atoms with Crippen LogP contribution in [0.25, 0.3) is 16.9 Å². The van der Waals surface area contributed by atoms with Crippen LogP contribution in [0, 0.1) is 12.0 Å². The topological polar surface area (TPSA) is 23.8 Å². The molecule has 0 heterocycles. The van der Waals surface area contributed by atoms with E-state index in [-0.39, 0.29) is 41.8 Å². The SMILES string of the molecule is CC1=[C-]C(C)C(C)=C1C.[NH-]C1CCCCC1.[Zr+2].c1ccc(-c2ccccc2)cc1.c1ccc([SiH]c2ccccc2)cc1. The molecule has 1 saturated carbocycles. The summed E-state index contributed by atoms with van der Waals surface area (Å²) >= 11 is 0. The van der Waals surface area contributed by atoms with Gasteiger partial charge in [-0.15, -0.1) is 13.0 Å². The zero-order valence-electron chi connectivity index (χ0n) is 25.8. The van der Waals surface area contributed by atoms with Gasteiger partial charge in [0.15, 0.2) is 0 Å². The van der Waals surface area contributed by atoms with Crippen molar-refractivity contribution in [3.8, 4) is 11.1 Å². The number of allylic oxidation sites excluding steroid dienone is 4. The van der Waals surface area contributed by atoms with Crippen LogP contribution < -0.4 is 10.4 Å². The maximum absolute atomic E-state index is 7.27. The van der Waals surface area contributed by atoms with E-state index in [1.54, 1.807) is 0 Å². The molecule has 3 heteroatoms. The second-order valence-corrected chi connectivity index (χ2v) is 12.5. The van der Waals surface area contributed by atoms with Crippen LogP contribution in [-0.4, -0.2) is 15.6 Å². The summed E-state index contributed by atoms with van der Waals surface area (Å²) in [4.78, 5) is 0. The normalized spacial score (nSPS) is 15.8. The maximum Gasteiger partial charge on any atom is 2.00 e. The zero-order valence-corrected chi connectivity index (χ0v) is 29.4. The monoisotopic (exact) mass is 646 g/mol. The Morgan fingerprint density at radius 1 is 0.595 bits per heavy atom. The first kappa shape index (κ1) is 35.6. The van der Waals surface area contributed by atoms with Crippen molar-refractivity contribution in [2.75, 3.05) is 0 Å². The van der Waals surface area contributed by atoms with Crippen LogP contribution in [0.15, 0.2) is 138 Å². The third kappa shape index (κ3) is 13.2. The van der Waals surface area contributed by atoms with E-state index in [0.29, 0.717) is 5.92 Å². The molecule has 1 nitrogen and oxygen atoms in total. The Morgan fingerprint density at radius 2 is 0.976 bits per heavy atom. The molecule has 2 aliphatic rings. The van der Waals surface area contributed by atoms with Gasteiger partial charge in [-0.25, -0.2) is 5.57 Å². The molecule has 4 aromatic rings. The molecule has 1 fully saturated rings. The second kappa shape index (κ2) is 20.3. The Kier molecular flexibility index (Phi) is 17.3. The fourth-order valence-electron chi connectivity index (χ4n) is 4.82. The first-order chi connectivity index (χ1) is 19.9. The van der Waals surface area contributed by atoms with Crippen molar-refractivity contribution >= 4 is 19.9 Å². The Labute approximate surface area is 277 Å². The molecule has 42 heavy (non-hydrogen) atoms. The summed E-state index contributed by atoms with van der Waals surface area (Å²) in [6, 6.07) is 42.4. The molecule has 215 valence electrons. The van der Waals surface area contributed by atoms with E-state index in [4.69, 9.17) is 5.73 Å². The third-order valence-electron chi connectivity index (χ3n) is 7.66. The van der Waals surface area contributed by atoms with E-state index < -0.39 is 0 Å². The van der Waals surface area contributed by atoms with Gasteiger partial charge in [-0.3, -0.25) is 6.08 Å². The van der Waals surface area contributed by atoms with E-state index >= 15 is 0 Å². The van der Waals surface area contributed by atoms with Gasteiger partial charge in [-0.05, 0) is 11.1 Å². The van der Waals surface area contributed by atoms with Crippen molar-refractivity contribution in [2.45, 2.75) is 65.8 Å². The van der Waals surface area contributed by atoms with Gasteiger partial charge in [-0.1, -0.05) is 190 Å². The fourth-order valence-corrected chi connectivity index (χ4v) is 6.03. The Balaban J connectivity index is 0.000000199. The molecule has 6 rings (SSSR count). The van der Waals surface area contributed by atoms with Crippen molar-refractivity contribution < 1.29 is 26.2 Å². The minimum Gasteiger partial charge on any atom is -0.675 e. The molecule has 0 aliphatic heterocycles. The maximum atomic E-state index is 7.27. The largest absolute Gasteiger partial charge is 2.00 e. The van der Waals surface area contributed by atoms with Gasteiger partial charge >= 0.3 is 26.2 Å². The minimum absolute atomic E-state index is 0. The summed E-state index contributed by atoms with van der Waals surface area (Å²) in [5.41, 5.74) is 14.1. The Bertz CT molecular complexity index is 1240. The number of hydrogen-bond acceptors (Lipinski definition) is 0. The van der Waals surface area contributed by atoms with E-state index in [0.717, 1.165) is 12.8 Å². The van der Waals surface area contributed by atoms with E-state index in [1.165, 1.54) is 57.5 Å². The number of nitrogens with one attached hydrogen (secondary N) is 1. The van der Waals surface area contributed by atoms with Crippen LogP contribution in [0.4, 0.5) is 0 Å². The van der Waals surface area contributed by atoms with Crippen LogP contribution in [0.2, 0.25) is 0 Å². The molecule has 0 amide bonds. The van der Waals surface area contributed by atoms with Crippen LogP contribution in [0.5, 0.6) is 0 Å². The molecule has 1 N–H and O–H groups in total. The molecule has 0 spiro atoms. The second-order valence-electron chi connectivity index (χ2n) is 10.8. The zero-order chi connectivity index (χ0) is 29.3. The molecular formula is C39H46NSiZr. The van der Waals surface area contributed by atoms with E-state index in [9.17, 15) is 0 Å². The standard InChI is InChI=1S/C12H11Si.C12H10.C9H13.C6H12N.Zr/c1-3-7-11(8-4-1)13-12-9-5-2-6-10-12;1-3-7-11(8-4-1)12-9-5-2-6-10-12;1-6-5-7(2)9(4)8(6)3;7-6-4-2-1-3-5-6;/h1-10,13H;1-10H;6H,1-4H3;6-7H,1-5H2;/q;;2*-1;+2. The van der Waals surface area contributed by atoms with Gasteiger partial charge in [0.1, 0.15) is 9.52 Å². The van der Waals surface area contributed by atoms with Gasteiger partial charge in [0, 0.05) is 0 Å². The predicted molar refractivity (Wildman–Crippen MR) is 182 cm³/mol. The van der Waals surface area contributed by atoms with Gasteiger partial charge in [-0.2, -0.15) is 11.1 Å². The fraction of sp³-hybridized carbons (Fsp3) is 0.282. The molecule has 0 bridgehead atoms. The van der Waals surface area contributed by atoms with Crippen molar-refractivity contribution in [1.29, 1.82) is 0 Å². The summed E-state index contributed by atoms with van der Waals surface area (Å²) in [7, 11) is 0.271. The van der Waals surface area contributed by atoms with E-state index in [1.807, 2.05) is 12.1 Å². The molecular weight excluding hydrogens is 602 g/mol. The molecule has 1 unspecified atom stereocenters. The van der Waals surface area contributed by atoms with Crippen molar-refractivity contribution in [3.63, 3.8) is 0 Å². The van der Waals surface area contributed by atoms with Crippen molar-refractivity contribution in [3.05, 3.63) is 150 Å². The van der Waals surface area contributed by atoms with Gasteiger partial charge < -0.3 is 5.73 Å². The smallest absolute Gasteiger partial charge is 0.675 e. The minimum atomic E-state index is 0. The summed E-state index contributed by atoms with van der Waals surface area (Å²) in [5.74, 6) is 0.560. The van der Waals surface area contributed by atoms with Gasteiger partial charge in [0.25, 0.3) is 0 Å². The number of benzene rings is 4. The number of hydrogen-bond donors (Lipinski definition) is 0. The summed E-state index contributed by atoms with van der Waals surface area (Å²) in [5, 5.41) is 2.90. The van der Waals surface area contributed by atoms with Crippen molar-refractivity contribution in [1.82, 2.24) is 0 Å². The molecule has 2 aliphatic carbocycles. The van der Waals surface area contributed by atoms with Crippen molar-refractivity contribution in [2.24, 2.45) is 5.92 Å². The molecule has 1 radical (unpaired) electrons. The number of rotatable bonds is 3. The van der Waals surface area contributed by atoms with Crippen LogP contribution in [0.1, 0.15) is 59.8 Å². The first-order valence-electron chi connectivity index (χ1n) is 15.0. The van der Waals surface area contributed by atoms with Gasteiger partial charge in [0.2, 0.25) is 0 Å². The Hall–Kier alpha value is -2.58. The van der Waals surface area contributed by atoms with Gasteiger partial charge in [0.05, 0.1) is 0 Å². The van der Waals surface area contributed by atoms with Crippen LogP contribution in [0.3, 0.4) is 0 Å². The average molecular weight is 648 g/mol. The van der Waals surface area contributed by atoms with E-state index in [2.05, 4.69) is 143 Å². The summed E-state index contributed by atoms with van der Waals surface area (Å²) < 4.78 is 0. The average Bonchev–Trinajstić information content (AvgIpc) is 3.25. The third-order valence-corrected chi connectivity index (χ3v) is 9.09. The molecule has 0 saturated heterocycles. The predicted octanol–water partition coefficient (Wildman–Crippen LogP) is 9.52. The molecule has 1 atom stereocenters. The Morgan fingerprint density at radius 3 is 1.24 bits per heavy atom. The van der Waals surface area contributed by atoms with Crippen LogP contribution >= 0.6 is 0 Å². The molecule has 4 aromatic carbocycles. The quantitative estimate of drug-likeness (QED) is 0.156. The summed E-state index contributed by atoms with van der Waals surface area (Å²) in [6.45, 7) is 8.67.